The van der Waals surface area contributed by atoms with E-state index in [2.05, 4.69) is 16.4 Å². The van der Waals surface area contributed by atoms with Gasteiger partial charge in [-0.25, -0.2) is 9.79 Å². The summed E-state index contributed by atoms with van der Waals surface area (Å²) in [5.74, 6) is -0.992. The van der Waals surface area contributed by atoms with Gasteiger partial charge in [0.1, 0.15) is 12.0 Å². The largest absolute Gasteiger partial charge is 0.462 e. The fourth-order valence-corrected chi connectivity index (χ4v) is 3.31. The molecule has 1 fully saturated rings. The zero-order valence-corrected chi connectivity index (χ0v) is 13.5. The van der Waals surface area contributed by atoms with Crippen molar-refractivity contribution in [2.45, 2.75) is 44.8 Å². The van der Waals surface area contributed by atoms with Crippen LogP contribution in [0, 0.1) is 17.2 Å². The van der Waals surface area contributed by atoms with Crippen molar-refractivity contribution in [3.8, 4) is 6.07 Å². The quantitative estimate of drug-likeness (QED) is 0.865. The highest BCUT2D eigenvalue weighted by atomic mass is 16.5. The number of rotatable bonds is 3. The molecule has 0 spiro atoms. The summed E-state index contributed by atoms with van der Waals surface area (Å²) in [7, 11) is 0. The molecular weight excluding hydrogens is 306 g/mol. The molecule has 1 N–H and O–H groups in total. The number of urea groups is 1. The molecule has 1 heterocycles. The molecule has 0 bridgehead atoms. The van der Waals surface area contributed by atoms with Gasteiger partial charge in [-0.3, -0.25) is 4.79 Å². The van der Waals surface area contributed by atoms with Gasteiger partial charge in [0.15, 0.2) is 0 Å². The van der Waals surface area contributed by atoms with Crippen molar-refractivity contribution in [2.24, 2.45) is 10.9 Å². The molecule has 3 rings (SSSR count). The van der Waals surface area contributed by atoms with Gasteiger partial charge in [-0.05, 0) is 50.3 Å². The van der Waals surface area contributed by atoms with E-state index in [4.69, 9.17) is 10.00 Å². The number of ether oxygens (including phenoxy) is 1. The molecule has 0 radical (unpaired) electrons. The van der Waals surface area contributed by atoms with Crippen LogP contribution in [0.15, 0.2) is 29.3 Å². The highest BCUT2D eigenvalue weighted by Crippen LogP contribution is 2.30. The SMILES string of the molecule is CC1=NC(=O)NC(c2ccc(C#N)cc2)C1C(=O)OC1CCCC1. The van der Waals surface area contributed by atoms with Crippen molar-refractivity contribution < 1.29 is 14.3 Å². The Labute approximate surface area is 140 Å². The van der Waals surface area contributed by atoms with Crippen molar-refractivity contribution in [1.29, 1.82) is 5.26 Å². The third-order valence-corrected chi connectivity index (χ3v) is 4.58. The van der Waals surface area contributed by atoms with Crippen LogP contribution in [0.5, 0.6) is 0 Å². The van der Waals surface area contributed by atoms with Gasteiger partial charge < -0.3 is 10.1 Å². The Morgan fingerprint density at radius 2 is 1.96 bits per heavy atom. The van der Waals surface area contributed by atoms with Crippen LogP contribution in [0.2, 0.25) is 0 Å². The predicted octanol–water partition coefficient (Wildman–Crippen LogP) is 2.89. The Morgan fingerprint density at radius 3 is 2.58 bits per heavy atom. The zero-order chi connectivity index (χ0) is 17.1. The minimum Gasteiger partial charge on any atom is -0.462 e. The summed E-state index contributed by atoms with van der Waals surface area (Å²) < 4.78 is 5.63. The number of nitrogens with one attached hydrogen (secondary N) is 1. The third-order valence-electron chi connectivity index (χ3n) is 4.58. The summed E-state index contributed by atoms with van der Waals surface area (Å²) in [6.45, 7) is 1.68. The van der Waals surface area contributed by atoms with Crippen LogP contribution in [0.25, 0.3) is 0 Å². The molecule has 1 aromatic rings. The molecule has 24 heavy (non-hydrogen) atoms. The normalized spacial score (nSPS) is 24.0. The monoisotopic (exact) mass is 325 g/mol. The summed E-state index contributed by atoms with van der Waals surface area (Å²) >= 11 is 0. The zero-order valence-electron chi connectivity index (χ0n) is 13.5. The van der Waals surface area contributed by atoms with E-state index >= 15 is 0 Å². The van der Waals surface area contributed by atoms with Crippen molar-refractivity contribution >= 4 is 17.7 Å². The topological polar surface area (TPSA) is 91.5 Å². The maximum Gasteiger partial charge on any atom is 0.341 e. The highest BCUT2D eigenvalue weighted by Gasteiger charge is 2.39. The Balaban J connectivity index is 1.86. The second-order valence-electron chi connectivity index (χ2n) is 6.24. The lowest BCUT2D eigenvalue weighted by atomic mass is 9.88. The maximum atomic E-state index is 12.7. The number of nitriles is 1. The van der Waals surface area contributed by atoms with Gasteiger partial charge in [-0.2, -0.15) is 5.26 Å². The molecule has 1 aliphatic heterocycles. The number of carbonyl (C=O) groups excluding carboxylic acids is 2. The molecule has 2 unspecified atom stereocenters. The van der Waals surface area contributed by atoms with Crippen LogP contribution in [0.1, 0.15) is 49.8 Å². The van der Waals surface area contributed by atoms with Gasteiger partial charge in [0.05, 0.1) is 17.7 Å². The van der Waals surface area contributed by atoms with E-state index in [1.165, 1.54) is 0 Å². The molecule has 2 amide bonds. The molecule has 0 saturated heterocycles. The fraction of sp³-hybridized carbons (Fsp3) is 0.444. The lowest BCUT2D eigenvalue weighted by Crippen LogP contribution is -2.44. The second-order valence-corrected chi connectivity index (χ2v) is 6.24. The van der Waals surface area contributed by atoms with Gasteiger partial charge in [0.2, 0.25) is 0 Å². The first-order valence-corrected chi connectivity index (χ1v) is 8.14. The Kier molecular flexibility index (Phi) is 4.61. The maximum absolute atomic E-state index is 12.7. The minimum atomic E-state index is -0.642. The van der Waals surface area contributed by atoms with Crippen molar-refractivity contribution in [3.63, 3.8) is 0 Å². The Hall–Kier alpha value is -2.68. The van der Waals surface area contributed by atoms with Crippen LogP contribution in [0.4, 0.5) is 4.79 Å². The molecular formula is C18H19N3O3. The lowest BCUT2D eigenvalue weighted by Gasteiger charge is -2.30. The van der Waals surface area contributed by atoms with Gasteiger partial charge in [-0.1, -0.05) is 12.1 Å². The molecule has 2 atom stereocenters. The fourth-order valence-electron chi connectivity index (χ4n) is 3.31. The third kappa shape index (κ3) is 3.30. The van der Waals surface area contributed by atoms with Crippen molar-refractivity contribution in [1.82, 2.24) is 5.32 Å². The number of carbonyl (C=O) groups is 2. The number of hydrogen-bond donors (Lipinski definition) is 1. The number of benzene rings is 1. The summed E-state index contributed by atoms with van der Waals surface area (Å²) in [6.07, 6.45) is 3.90. The van der Waals surface area contributed by atoms with Crippen LogP contribution in [-0.2, 0) is 9.53 Å². The molecule has 2 aliphatic rings. The lowest BCUT2D eigenvalue weighted by molar-refractivity contribution is -0.152. The van der Waals surface area contributed by atoms with Gasteiger partial charge in [0.25, 0.3) is 0 Å². The van der Waals surface area contributed by atoms with Gasteiger partial charge >= 0.3 is 12.0 Å². The molecule has 0 aromatic heterocycles. The summed E-state index contributed by atoms with van der Waals surface area (Å²) in [5.41, 5.74) is 1.73. The Morgan fingerprint density at radius 1 is 1.29 bits per heavy atom. The van der Waals surface area contributed by atoms with E-state index < -0.39 is 18.0 Å². The summed E-state index contributed by atoms with van der Waals surface area (Å²) in [4.78, 5) is 28.3. The molecule has 6 heteroatoms. The molecule has 1 saturated carbocycles. The molecule has 124 valence electrons. The van der Waals surface area contributed by atoms with E-state index in [0.29, 0.717) is 11.3 Å². The Bertz CT molecular complexity index is 712. The molecule has 6 nitrogen and oxygen atoms in total. The second kappa shape index (κ2) is 6.83. The summed E-state index contributed by atoms with van der Waals surface area (Å²) in [6, 6.07) is 7.89. The van der Waals surface area contributed by atoms with E-state index in [1.54, 1.807) is 31.2 Å². The average molecular weight is 325 g/mol. The highest BCUT2D eigenvalue weighted by molar-refractivity contribution is 6.08. The van der Waals surface area contributed by atoms with Gasteiger partial charge in [-0.15, -0.1) is 0 Å². The molecule has 1 aliphatic carbocycles. The van der Waals surface area contributed by atoms with Crippen LogP contribution in [0.3, 0.4) is 0 Å². The number of aliphatic imine (C=N–C) groups is 1. The van der Waals surface area contributed by atoms with Crippen LogP contribution < -0.4 is 5.32 Å². The predicted molar refractivity (Wildman–Crippen MR) is 87.4 cm³/mol. The summed E-state index contributed by atoms with van der Waals surface area (Å²) in [5, 5.41) is 11.7. The first kappa shape index (κ1) is 16.2. The first-order valence-electron chi connectivity index (χ1n) is 8.14. The number of nitrogens with zero attached hydrogens (tertiary/aromatic N) is 2. The van der Waals surface area contributed by atoms with Crippen LogP contribution in [-0.4, -0.2) is 23.8 Å². The van der Waals surface area contributed by atoms with E-state index in [9.17, 15) is 9.59 Å². The molecule has 1 aromatic carbocycles. The van der Waals surface area contributed by atoms with Gasteiger partial charge in [0, 0.05) is 5.71 Å². The van der Waals surface area contributed by atoms with Crippen molar-refractivity contribution in [2.75, 3.05) is 0 Å². The van der Waals surface area contributed by atoms with Crippen molar-refractivity contribution in [3.05, 3.63) is 35.4 Å². The van der Waals surface area contributed by atoms with E-state index in [0.717, 1.165) is 31.2 Å². The number of esters is 1. The average Bonchev–Trinajstić information content (AvgIpc) is 3.07. The minimum absolute atomic E-state index is 0.0375. The standard InChI is InChI=1S/C18H19N3O3/c1-11-15(17(22)24-14-4-2-3-5-14)16(21-18(23)20-11)13-8-6-12(10-19)7-9-13/h6-9,14-16H,2-5H2,1H3,(H,21,23). The van der Waals surface area contributed by atoms with E-state index in [1.807, 2.05) is 0 Å². The first-order chi connectivity index (χ1) is 11.6. The smallest absolute Gasteiger partial charge is 0.341 e. The van der Waals surface area contributed by atoms with Crippen LogP contribution >= 0.6 is 0 Å². The van der Waals surface area contributed by atoms with E-state index in [-0.39, 0.29) is 12.1 Å². The number of amides is 2. The number of hydrogen-bond acceptors (Lipinski definition) is 4.